The second-order valence-corrected chi connectivity index (χ2v) is 8.17. The third kappa shape index (κ3) is 2.27. The molecule has 2 bridgehead atoms. The first kappa shape index (κ1) is 16.2. The number of fused-ring (bicyclic) bond motifs is 3. The molecule has 7 rings (SSSR count). The quantitative estimate of drug-likeness (QED) is 0.690. The smallest absolute Gasteiger partial charge is 0.255 e. The molecule has 1 amide bonds. The average molecular weight is 376 g/mol. The van der Waals surface area contributed by atoms with Crippen molar-refractivity contribution in [3.05, 3.63) is 59.5 Å². The second-order valence-electron chi connectivity index (χ2n) is 8.17. The van der Waals surface area contributed by atoms with Crippen molar-refractivity contribution in [3.63, 3.8) is 0 Å². The Labute approximate surface area is 162 Å². The number of carbonyl (C=O) groups excluding carboxylic acids is 1. The minimum Gasteiger partial charge on any atom is -0.328 e. The van der Waals surface area contributed by atoms with Gasteiger partial charge in [-0.3, -0.25) is 4.79 Å². The summed E-state index contributed by atoms with van der Waals surface area (Å²) in [5.41, 5.74) is 3.38. The summed E-state index contributed by atoms with van der Waals surface area (Å²) in [4.78, 5) is 17.9. The van der Waals surface area contributed by atoms with Crippen LogP contribution in [0.2, 0.25) is 0 Å². The molecule has 4 aliphatic rings. The van der Waals surface area contributed by atoms with Gasteiger partial charge in [0.05, 0.1) is 29.0 Å². The van der Waals surface area contributed by atoms with E-state index in [1.54, 1.807) is 12.1 Å². The Kier molecular flexibility index (Phi) is 3.41. The predicted octanol–water partition coefficient (Wildman–Crippen LogP) is 3.21. The Hall–Kier alpha value is -2.73. The lowest BCUT2D eigenvalue weighted by Gasteiger charge is -2.49. The molecule has 0 N–H and O–H groups in total. The van der Waals surface area contributed by atoms with Crippen LogP contribution in [0.1, 0.15) is 28.9 Å². The molecule has 142 valence electrons. The van der Waals surface area contributed by atoms with Crippen molar-refractivity contribution in [1.29, 1.82) is 0 Å². The van der Waals surface area contributed by atoms with Crippen LogP contribution in [0.25, 0.3) is 16.6 Å². The summed E-state index contributed by atoms with van der Waals surface area (Å²) in [6, 6.07) is 12.4. The number of benzene rings is 2. The van der Waals surface area contributed by atoms with Crippen LogP contribution >= 0.6 is 0 Å². The van der Waals surface area contributed by atoms with Crippen molar-refractivity contribution in [3.8, 4) is 5.69 Å². The molecule has 2 aromatic carbocycles. The van der Waals surface area contributed by atoms with Crippen LogP contribution < -0.4 is 0 Å². The van der Waals surface area contributed by atoms with Gasteiger partial charge in [0.1, 0.15) is 5.82 Å². The van der Waals surface area contributed by atoms with E-state index in [1.807, 2.05) is 22.9 Å². The molecule has 0 spiro atoms. The zero-order valence-electron chi connectivity index (χ0n) is 15.5. The molecule has 6 heteroatoms. The maximum atomic E-state index is 13.4. The SMILES string of the molecule is O=C1c2cccc3c2c(nn3-c2ccc(F)cc2)CN1C1CN2CCC1CC2. The summed E-state index contributed by atoms with van der Waals surface area (Å²) in [6.45, 7) is 3.84. The van der Waals surface area contributed by atoms with Crippen molar-refractivity contribution < 1.29 is 9.18 Å². The molecule has 4 aliphatic heterocycles. The van der Waals surface area contributed by atoms with E-state index in [1.165, 1.54) is 25.0 Å². The highest BCUT2D eigenvalue weighted by Gasteiger charge is 2.42. The van der Waals surface area contributed by atoms with Crippen molar-refractivity contribution >= 4 is 16.8 Å². The van der Waals surface area contributed by atoms with Crippen molar-refractivity contribution in [2.45, 2.75) is 25.4 Å². The fraction of sp³-hybridized carbons (Fsp3) is 0.364. The zero-order chi connectivity index (χ0) is 18.8. The van der Waals surface area contributed by atoms with E-state index >= 15 is 0 Å². The van der Waals surface area contributed by atoms with Crippen LogP contribution in [0.4, 0.5) is 4.39 Å². The lowest BCUT2D eigenvalue weighted by molar-refractivity contribution is 0.00364. The fourth-order valence-electron chi connectivity index (χ4n) is 5.26. The maximum Gasteiger partial charge on any atom is 0.255 e. The van der Waals surface area contributed by atoms with Gasteiger partial charge in [-0.1, -0.05) is 6.07 Å². The molecule has 0 aliphatic carbocycles. The third-order valence-corrected chi connectivity index (χ3v) is 6.68. The first-order valence-corrected chi connectivity index (χ1v) is 9.99. The van der Waals surface area contributed by atoms with E-state index < -0.39 is 0 Å². The molecule has 3 aromatic rings. The summed E-state index contributed by atoms with van der Waals surface area (Å²) in [6.07, 6.45) is 2.35. The van der Waals surface area contributed by atoms with Crippen LogP contribution in [0.5, 0.6) is 0 Å². The van der Waals surface area contributed by atoms with Crippen LogP contribution in [-0.2, 0) is 6.54 Å². The molecular weight excluding hydrogens is 355 g/mol. The summed E-state index contributed by atoms with van der Waals surface area (Å²) in [7, 11) is 0. The molecule has 3 saturated heterocycles. The van der Waals surface area contributed by atoms with Crippen molar-refractivity contribution in [1.82, 2.24) is 19.6 Å². The summed E-state index contributed by atoms with van der Waals surface area (Å²) in [5.74, 6) is 0.443. The van der Waals surface area contributed by atoms with Gasteiger partial charge in [-0.15, -0.1) is 0 Å². The number of nitrogens with zero attached hydrogens (tertiary/aromatic N) is 4. The van der Waals surface area contributed by atoms with Crippen LogP contribution in [0.3, 0.4) is 0 Å². The van der Waals surface area contributed by atoms with E-state index in [-0.39, 0.29) is 17.8 Å². The Bertz CT molecular complexity index is 1080. The topological polar surface area (TPSA) is 41.4 Å². The highest BCUT2D eigenvalue weighted by atomic mass is 19.1. The first-order valence-electron chi connectivity index (χ1n) is 9.99. The average Bonchev–Trinajstić information content (AvgIpc) is 3.11. The summed E-state index contributed by atoms with van der Waals surface area (Å²) < 4.78 is 15.2. The van der Waals surface area contributed by atoms with Gasteiger partial charge in [0, 0.05) is 18.0 Å². The maximum absolute atomic E-state index is 13.4. The van der Waals surface area contributed by atoms with Crippen molar-refractivity contribution in [2.24, 2.45) is 5.92 Å². The summed E-state index contributed by atoms with van der Waals surface area (Å²) >= 11 is 0. The number of piperidine rings is 3. The third-order valence-electron chi connectivity index (χ3n) is 6.68. The Morgan fingerprint density at radius 1 is 1.04 bits per heavy atom. The second kappa shape index (κ2) is 5.88. The van der Waals surface area contributed by atoms with Crippen LogP contribution in [-0.4, -0.2) is 51.2 Å². The van der Waals surface area contributed by atoms with Gasteiger partial charge >= 0.3 is 0 Å². The van der Waals surface area contributed by atoms with Gasteiger partial charge < -0.3 is 9.80 Å². The zero-order valence-corrected chi connectivity index (χ0v) is 15.5. The lowest BCUT2D eigenvalue weighted by atomic mass is 9.82. The molecular formula is C22H21FN4O. The van der Waals surface area contributed by atoms with E-state index in [2.05, 4.69) is 9.80 Å². The van der Waals surface area contributed by atoms with Crippen molar-refractivity contribution in [2.75, 3.05) is 19.6 Å². The molecule has 5 nitrogen and oxygen atoms in total. The molecule has 28 heavy (non-hydrogen) atoms. The molecule has 5 heterocycles. The van der Waals surface area contributed by atoms with Gasteiger partial charge in [-0.05, 0) is 68.2 Å². The van der Waals surface area contributed by atoms with E-state index in [0.717, 1.165) is 47.5 Å². The molecule has 0 saturated carbocycles. The fourth-order valence-corrected chi connectivity index (χ4v) is 5.26. The van der Waals surface area contributed by atoms with E-state index in [9.17, 15) is 9.18 Å². The Balaban J connectivity index is 1.45. The van der Waals surface area contributed by atoms with Crippen LogP contribution in [0, 0.1) is 11.7 Å². The number of amides is 1. The molecule has 1 aromatic heterocycles. The molecule has 0 radical (unpaired) electrons. The number of hydrogen-bond acceptors (Lipinski definition) is 3. The van der Waals surface area contributed by atoms with E-state index in [4.69, 9.17) is 5.10 Å². The summed E-state index contributed by atoms with van der Waals surface area (Å²) in [5, 5.41) is 5.79. The van der Waals surface area contributed by atoms with Gasteiger partial charge in [-0.25, -0.2) is 9.07 Å². The number of hydrogen-bond donors (Lipinski definition) is 0. The molecule has 1 atom stereocenters. The highest BCUT2D eigenvalue weighted by Crippen LogP contribution is 2.37. The number of aromatic nitrogens is 2. The van der Waals surface area contributed by atoms with Gasteiger partial charge in [0.2, 0.25) is 0 Å². The number of rotatable bonds is 2. The normalized spacial score (nSPS) is 26.2. The van der Waals surface area contributed by atoms with Gasteiger partial charge in [0.15, 0.2) is 0 Å². The minimum absolute atomic E-state index is 0.121. The number of carbonyl (C=O) groups is 1. The minimum atomic E-state index is -0.269. The Morgan fingerprint density at radius 2 is 1.82 bits per heavy atom. The highest BCUT2D eigenvalue weighted by molar-refractivity contribution is 6.09. The lowest BCUT2D eigenvalue weighted by Crippen LogP contribution is -2.59. The standard InChI is InChI=1S/C22H21FN4O/c23-15-4-6-16(7-5-15)27-19-3-1-2-17-21(19)18(24-27)12-26(22(17)28)20-13-25-10-8-14(20)9-11-25/h1-7,14,20H,8-13H2. The largest absolute Gasteiger partial charge is 0.328 e. The number of halogens is 1. The van der Waals surface area contributed by atoms with Gasteiger partial charge in [-0.2, -0.15) is 5.10 Å². The van der Waals surface area contributed by atoms with Gasteiger partial charge in [0.25, 0.3) is 5.91 Å². The Morgan fingerprint density at radius 3 is 2.54 bits per heavy atom. The van der Waals surface area contributed by atoms with Crippen LogP contribution in [0.15, 0.2) is 42.5 Å². The monoisotopic (exact) mass is 376 g/mol. The predicted molar refractivity (Wildman–Crippen MR) is 104 cm³/mol. The van der Waals surface area contributed by atoms with E-state index in [0.29, 0.717) is 12.5 Å². The molecule has 3 fully saturated rings. The molecule has 1 unspecified atom stereocenters. The first-order chi connectivity index (χ1) is 13.7.